The second-order valence-corrected chi connectivity index (χ2v) is 7.35. The number of nitrogens with zero attached hydrogens (tertiary/aromatic N) is 9. The lowest BCUT2D eigenvalue weighted by atomic mass is 9.92. The van der Waals surface area contributed by atoms with Crippen molar-refractivity contribution in [3.63, 3.8) is 0 Å². The first-order chi connectivity index (χ1) is 15.5. The first-order valence-electron chi connectivity index (χ1n) is 9.84. The van der Waals surface area contributed by atoms with Gasteiger partial charge in [0.2, 0.25) is 11.8 Å². The summed E-state index contributed by atoms with van der Waals surface area (Å²) in [6.45, 7) is 1.17. The van der Waals surface area contributed by atoms with Gasteiger partial charge in [0.15, 0.2) is 11.3 Å². The van der Waals surface area contributed by atoms with Crippen molar-refractivity contribution in [1.29, 1.82) is 0 Å². The van der Waals surface area contributed by atoms with Crippen molar-refractivity contribution in [1.82, 2.24) is 49.8 Å². The number of aryl methyl sites for hydroxylation is 1. The van der Waals surface area contributed by atoms with Crippen LogP contribution in [0.4, 0.5) is 11.6 Å². The molecule has 5 rings (SSSR count). The summed E-state index contributed by atoms with van der Waals surface area (Å²) in [7, 11) is 3.25. The van der Waals surface area contributed by atoms with E-state index in [4.69, 9.17) is 0 Å². The average Bonchev–Trinajstić information content (AvgIpc) is 3.37. The number of carbonyl (C=O) groups excluding carboxylic acids is 2. The number of amides is 2. The zero-order valence-electron chi connectivity index (χ0n) is 17.3. The molecule has 13 nitrogen and oxygen atoms in total. The molecule has 1 saturated heterocycles. The molecule has 2 amide bonds. The SMILES string of the molecule is CNC(=O)c1nnccc1Nc1nc2ccc(C3CN(C(=O)c4ncn(C)n4)C3)cn2n1. The van der Waals surface area contributed by atoms with Crippen LogP contribution in [0.15, 0.2) is 36.9 Å². The lowest BCUT2D eigenvalue weighted by molar-refractivity contribution is 0.0589. The Labute approximate surface area is 181 Å². The van der Waals surface area contributed by atoms with Crippen molar-refractivity contribution in [2.45, 2.75) is 5.92 Å². The molecule has 0 bridgehead atoms. The monoisotopic (exact) mass is 433 g/mol. The summed E-state index contributed by atoms with van der Waals surface area (Å²) < 4.78 is 3.17. The molecule has 0 saturated carbocycles. The maximum atomic E-state index is 12.4. The predicted octanol–water partition coefficient (Wildman–Crippen LogP) is -0.00940. The molecule has 0 atom stereocenters. The number of likely N-dealkylation sites (tertiary alicyclic amines) is 1. The Morgan fingerprint density at radius 3 is 2.75 bits per heavy atom. The van der Waals surface area contributed by atoms with Crippen molar-refractivity contribution >= 4 is 29.1 Å². The first kappa shape index (κ1) is 19.5. The topological polar surface area (TPSA) is 148 Å². The van der Waals surface area contributed by atoms with E-state index in [1.165, 1.54) is 24.3 Å². The Hall–Kier alpha value is -4.42. The highest BCUT2D eigenvalue weighted by Gasteiger charge is 2.34. The highest BCUT2D eigenvalue weighted by Crippen LogP contribution is 2.28. The second kappa shape index (κ2) is 7.68. The lowest BCUT2D eigenvalue weighted by Gasteiger charge is -2.38. The van der Waals surface area contributed by atoms with Gasteiger partial charge in [0.05, 0.1) is 11.9 Å². The third kappa shape index (κ3) is 3.49. The van der Waals surface area contributed by atoms with E-state index in [-0.39, 0.29) is 29.3 Å². The van der Waals surface area contributed by atoms with Gasteiger partial charge in [-0.1, -0.05) is 6.07 Å². The molecule has 32 heavy (non-hydrogen) atoms. The van der Waals surface area contributed by atoms with Crippen molar-refractivity contribution in [2.75, 3.05) is 25.5 Å². The maximum Gasteiger partial charge on any atom is 0.293 e. The third-order valence-corrected chi connectivity index (χ3v) is 5.19. The molecule has 13 heteroatoms. The number of carbonyl (C=O) groups is 2. The average molecular weight is 433 g/mol. The molecule has 0 spiro atoms. The number of nitrogens with one attached hydrogen (secondary N) is 2. The highest BCUT2D eigenvalue weighted by atomic mass is 16.2. The van der Waals surface area contributed by atoms with Gasteiger partial charge in [0, 0.05) is 39.3 Å². The fourth-order valence-corrected chi connectivity index (χ4v) is 3.47. The van der Waals surface area contributed by atoms with Gasteiger partial charge < -0.3 is 15.5 Å². The number of rotatable bonds is 5. The summed E-state index contributed by atoms with van der Waals surface area (Å²) in [6.07, 6.45) is 4.88. The molecule has 162 valence electrons. The molecule has 4 aromatic heterocycles. The van der Waals surface area contributed by atoms with Crippen molar-refractivity contribution in [3.8, 4) is 0 Å². The van der Waals surface area contributed by atoms with E-state index in [0.29, 0.717) is 30.4 Å². The van der Waals surface area contributed by atoms with Crippen molar-refractivity contribution in [3.05, 3.63) is 54.0 Å². The van der Waals surface area contributed by atoms with Crippen molar-refractivity contribution in [2.24, 2.45) is 7.05 Å². The highest BCUT2D eigenvalue weighted by molar-refractivity contribution is 5.97. The molecule has 0 aliphatic carbocycles. The van der Waals surface area contributed by atoms with Crippen LogP contribution in [0.3, 0.4) is 0 Å². The van der Waals surface area contributed by atoms with E-state index in [2.05, 4.69) is 41.0 Å². The quantitative estimate of drug-likeness (QED) is 0.443. The summed E-state index contributed by atoms with van der Waals surface area (Å²) in [5, 5.41) is 21.7. The minimum Gasteiger partial charge on any atom is -0.354 e. The van der Waals surface area contributed by atoms with Crippen molar-refractivity contribution < 1.29 is 9.59 Å². The van der Waals surface area contributed by atoms with Crippen LogP contribution in [0.25, 0.3) is 5.65 Å². The van der Waals surface area contributed by atoms with Crippen LogP contribution in [0.5, 0.6) is 0 Å². The molecule has 5 heterocycles. The molecular weight excluding hydrogens is 414 g/mol. The number of aromatic nitrogens is 8. The summed E-state index contributed by atoms with van der Waals surface area (Å²) in [5.74, 6) is 0.184. The molecule has 1 fully saturated rings. The Bertz CT molecular complexity index is 1320. The van der Waals surface area contributed by atoms with Crippen LogP contribution < -0.4 is 10.6 Å². The molecule has 0 radical (unpaired) electrons. The zero-order valence-corrected chi connectivity index (χ0v) is 17.3. The van der Waals surface area contributed by atoms with E-state index in [0.717, 1.165) is 5.56 Å². The van der Waals surface area contributed by atoms with Gasteiger partial charge in [-0.3, -0.25) is 14.3 Å². The summed E-state index contributed by atoms with van der Waals surface area (Å²) in [6, 6.07) is 5.47. The third-order valence-electron chi connectivity index (χ3n) is 5.19. The lowest BCUT2D eigenvalue weighted by Crippen LogP contribution is -2.48. The minimum atomic E-state index is -0.364. The molecule has 0 aromatic carbocycles. The van der Waals surface area contributed by atoms with Crippen LogP contribution >= 0.6 is 0 Å². The summed E-state index contributed by atoms with van der Waals surface area (Å²) >= 11 is 0. The van der Waals surface area contributed by atoms with Crippen LogP contribution in [0.2, 0.25) is 0 Å². The van der Waals surface area contributed by atoms with E-state index in [1.807, 2.05) is 18.3 Å². The van der Waals surface area contributed by atoms with Crippen LogP contribution in [-0.2, 0) is 7.05 Å². The summed E-state index contributed by atoms with van der Waals surface area (Å²) in [4.78, 5) is 34.6. The van der Waals surface area contributed by atoms with Gasteiger partial charge in [0.1, 0.15) is 6.33 Å². The normalized spacial score (nSPS) is 13.8. The van der Waals surface area contributed by atoms with Gasteiger partial charge in [-0.05, 0) is 17.7 Å². The maximum absolute atomic E-state index is 12.4. The molecule has 2 N–H and O–H groups in total. The second-order valence-electron chi connectivity index (χ2n) is 7.35. The predicted molar refractivity (Wildman–Crippen MR) is 111 cm³/mol. The van der Waals surface area contributed by atoms with E-state index < -0.39 is 0 Å². The summed E-state index contributed by atoms with van der Waals surface area (Å²) in [5.41, 5.74) is 2.29. The molecule has 1 aliphatic heterocycles. The number of hydrogen-bond acceptors (Lipinski definition) is 9. The molecule has 4 aromatic rings. The number of hydrogen-bond donors (Lipinski definition) is 2. The Balaban J connectivity index is 1.30. The van der Waals surface area contributed by atoms with E-state index in [1.54, 1.807) is 22.5 Å². The van der Waals surface area contributed by atoms with E-state index >= 15 is 0 Å². The van der Waals surface area contributed by atoms with Crippen LogP contribution in [0.1, 0.15) is 32.6 Å². The van der Waals surface area contributed by atoms with Gasteiger partial charge >= 0.3 is 0 Å². The molecular formula is C19H19N11O2. The van der Waals surface area contributed by atoms with Gasteiger partial charge in [-0.2, -0.15) is 10.1 Å². The zero-order chi connectivity index (χ0) is 22.2. The number of fused-ring (bicyclic) bond motifs is 1. The Morgan fingerprint density at radius 1 is 1.16 bits per heavy atom. The standard InChI is InChI=1S/C19H19N11O2/c1-20-17(31)15-13(5-6-22-25-15)23-19-24-14-4-3-11(9-30(14)27-19)12-7-29(8-12)18(32)16-21-10-28(2)26-16/h3-6,9-10,12H,7-8H2,1-2H3,(H,20,31)(H,22,23,27). The number of anilines is 2. The minimum absolute atomic E-state index is 0.149. The fourth-order valence-electron chi connectivity index (χ4n) is 3.47. The molecule has 1 aliphatic rings. The number of pyridine rings is 1. The van der Waals surface area contributed by atoms with E-state index in [9.17, 15) is 9.59 Å². The van der Waals surface area contributed by atoms with Gasteiger partial charge in [-0.25, -0.2) is 9.50 Å². The van der Waals surface area contributed by atoms with Crippen LogP contribution in [-0.4, -0.2) is 76.4 Å². The Morgan fingerprint density at radius 2 is 2.00 bits per heavy atom. The van der Waals surface area contributed by atoms with Gasteiger partial charge in [-0.15, -0.1) is 15.3 Å². The first-order valence-corrected chi connectivity index (χ1v) is 9.84. The Kier molecular flexibility index (Phi) is 4.69. The smallest absolute Gasteiger partial charge is 0.293 e. The van der Waals surface area contributed by atoms with Gasteiger partial charge in [0.25, 0.3) is 11.8 Å². The molecule has 0 unspecified atom stereocenters. The van der Waals surface area contributed by atoms with Crippen LogP contribution in [0, 0.1) is 0 Å². The fraction of sp³-hybridized carbons (Fsp3) is 0.263. The largest absolute Gasteiger partial charge is 0.354 e.